The molecule has 31 heavy (non-hydrogen) atoms. The second kappa shape index (κ2) is 9.59. The van der Waals surface area contributed by atoms with Crippen molar-refractivity contribution in [3.63, 3.8) is 0 Å². The van der Waals surface area contributed by atoms with Gasteiger partial charge in [0.25, 0.3) is 0 Å². The third kappa shape index (κ3) is 5.88. The predicted octanol–water partition coefficient (Wildman–Crippen LogP) is 3.08. The number of rotatable bonds is 5. The summed E-state index contributed by atoms with van der Waals surface area (Å²) in [5, 5.41) is 0. The van der Waals surface area contributed by atoms with Crippen LogP contribution in [0.3, 0.4) is 0 Å². The van der Waals surface area contributed by atoms with E-state index in [0.717, 1.165) is 58.0 Å². The Kier molecular flexibility index (Phi) is 7.04. The molecule has 3 fully saturated rings. The van der Waals surface area contributed by atoms with Gasteiger partial charge in [0.1, 0.15) is 0 Å². The lowest BCUT2D eigenvalue weighted by molar-refractivity contribution is -0.141. The smallest absolute Gasteiger partial charge is 0.222 e. The third-order valence-electron chi connectivity index (χ3n) is 7.50. The lowest BCUT2D eigenvalue weighted by atomic mass is 9.78. The summed E-state index contributed by atoms with van der Waals surface area (Å²) in [6.45, 7) is 3.46. The number of hydrogen-bond donors (Lipinski definition) is 0. The molecule has 3 aliphatic heterocycles. The van der Waals surface area contributed by atoms with Crippen LogP contribution in [0.25, 0.3) is 0 Å². The minimum atomic E-state index is -3.14. The molecule has 1 spiro atoms. The highest BCUT2D eigenvalue weighted by Gasteiger charge is 2.42. The zero-order valence-corrected chi connectivity index (χ0v) is 19.5. The van der Waals surface area contributed by atoms with Gasteiger partial charge >= 0.3 is 0 Å². The summed E-state index contributed by atoms with van der Waals surface area (Å²) in [6, 6.07) is 10.6. The van der Waals surface area contributed by atoms with E-state index in [1.54, 1.807) is 4.31 Å². The predicted molar refractivity (Wildman–Crippen MR) is 121 cm³/mol. The number of ether oxygens (including phenoxy) is 1. The van der Waals surface area contributed by atoms with Gasteiger partial charge in [-0.1, -0.05) is 30.3 Å². The van der Waals surface area contributed by atoms with Gasteiger partial charge in [0.2, 0.25) is 15.9 Å². The number of sulfonamides is 1. The lowest BCUT2D eigenvalue weighted by Gasteiger charge is -2.46. The highest BCUT2D eigenvalue weighted by Crippen LogP contribution is 2.39. The van der Waals surface area contributed by atoms with Crippen molar-refractivity contribution >= 4 is 15.9 Å². The van der Waals surface area contributed by atoms with E-state index in [9.17, 15) is 13.2 Å². The number of likely N-dealkylation sites (tertiary alicyclic amines) is 1. The van der Waals surface area contributed by atoms with Crippen molar-refractivity contribution in [2.45, 2.75) is 57.0 Å². The van der Waals surface area contributed by atoms with Crippen LogP contribution in [0.4, 0.5) is 0 Å². The molecule has 7 heteroatoms. The molecule has 4 rings (SSSR count). The van der Waals surface area contributed by atoms with Crippen molar-refractivity contribution in [1.82, 2.24) is 9.21 Å². The molecule has 0 saturated carbocycles. The van der Waals surface area contributed by atoms with Crippen LogP contribution < -0.4 is 0 Å². The van der Waals surface area contributed by atoms with Gasteiger partial charge in [-0.2, -0.15) is 0 Å². The van der Waals surface area contributed by atoms with Gasteiger partial charge < -0.3 is 9.64 Å². The first kappa shape index (κ1) is 22.7. The van der Waals surface area contributed by atoms with E-state index in [1.807, 2.05) is 0 Å². The molecule has 0 N–H and O–H groups in total. The molecule has 0 radical (unpaired) electrons. The summed E-state index contributed by atoms with van der Waals surface area (Å²) in [6.07, 6.45) is 8.41. The Balaban J connectivity index is 1.24. The monoisotopic (exact) mass is 448 g/mol. The van der Waals surface area contributed by atoms with Crippen LogP contribution in [0.1, 0.15) is 50.5 Å². The van der Waals surface area contributed by atoms with Gasteiger partial charge in [0.15, 0.2) is 0 Å². The molecule has 1 amide bonds. The van der Waals surface area contributed by atoms with Crippen LogP contribution in [0, 0.1) is 11.8 Å². The largest absolute Gasteiger partial charge is 0.375 e. The van der Waals surface area contributed by atoms with Crippen LogP contribution in [-0.2, 0) is 26.0 Å². The molecule has 1 atom stereocenters. The summed E-state index contributed by atoms with van der Waals surface area (Å²) in [5.41, 5.74) is 1.15. The van der Waals surface area contributed by atoms with Crippen molar-refractivity contribution in [3.8, 4) is 0 Å². The molecule has 6 nitrogen and oxygen atoms in total. The Bertz CT molecular complexity index is 842. The summed E-state index contributed by atoms with van der Waals surface area (Å²) in [4.78, 5) is 15.0. The number of piperidine rings is 2. The van der Waals surface area contributed by atoms with Gasteiger partial charge in [0.05, 0.1) is 11.9 Å². The van der Waals surface area contributed by atoms with E-state index in [0.29, 0.717) is 38.0 Å². The maximum Gasteiger partial charge on any atom is 0.222 e. The minimum Gasteiger partial charge on any atom is -0.375 e. The van der Waals surface area contributed by atoms with Gasteiger partial charge in [-0.15, -0.1) is 0 Å². The summed E-state index contributed by atoms with van der Waals surface area (Å²) in [5.74, 6) is 1.29. The molecular weight excluding hydrogens is 412 g/mol. The molecular formula is C24H36N2O4S. The Hall–Kier alpha value is -1.44. The first-order chi connectivity index (χ1) is 14.8. The SMILES string of the molecule is CS(=O)(=O)N1CCC2(CC1)CC(CC(=O)N1CCC(Cc3ccccc3)CC1)CCO2. The van der Waals surface area contributed by atoms with Crippen molar-refractivity contribution in [2.75, 3.05) is 39.0 Å². The number of amides is 1. The molecule has 1 aromatic rings. The van der Waals surface area contributed by atoms with E-state index in [2.05, 4.69) is 35.2 Å². The molecule has 0 aliphatic carbocycles. The lowest BCUT2D eigenvalue weighted by Crippen LogP contribution is -2.51. The van der Waals surface area contributed by atoms with Crippen molar-refractivity contribution in [3.05, 3.63) is 35.9 Å². The number of benzene rings is 1. The second-order valence-electron chi connectivity index (χ2n) is 9.77. The first-order valence-electron chi connectivity index (χ1n) is 11.7. The quantitative estimate of drug-likeness (QED) is 0.694. The molecule has 1 aromatic carbocycles. The Morgan fingerprint density at radius 1 is 1.03 bits per heavy atom. The van der Waals surface area contributed by atoms with E-state index in [-0.39, 0.29) is 11.5 Å². The highest BCUT2D eigenvalue weighted by atomic mass is 32.2. The Morgan fingerprint density at radius 3 is 2.35 bits per heavy atom. The summed E-state index contributed by atoms with van der Waals surface area (Å²) in [7, 11) is -3.14. The second-order valence-corrected chi connectivity index (χ2v) is 11.8. The Morgan fingerprint density at radius 2 is 1.71 bits per heavy atom. The maximum absolute atomic E-state index is 13.0. The molecule has 3 saturated heterocycles. The highest BCUT2D eigenvalue weighted by molar-refractivity contribution is 7.88. The van der Waals surface area contributed by atoms with Gasteiger partial charge in [0, 0.05) is 39.2 Å². The zero-order valence-electron chi connectivity index (χ0n) is 18.7. The fraction of sp³-hybridized carbons (Fsp3) is 0.708. The van der Waals surface area contributed by atoms with Crippen LogP contribution in [-0.4, -0.2) is 68.2 Å². The standard InChI is InChI=1S/C24H36N2O4S/c1-31(28,29)26-14-10-24(11-15-26)19-22(9-16-30-24)18-23(27)25-12-7-21(8-13-25)17-20-5-3-2-4-6-20/h2-6,21-22H,7-19H2,1H3. The van der Waals surface area contributed by atoms with Crippen LogP contribution in [0.15, 0.2) is 30.3 Å². The fourth-order valence-electron chi connectivity index (χ4n) is 5.59. The maximum atomic E-state index is 13.0. The van der Waals surface area contributed by atoms with Gasteiger partial charge in [-0.3, -0.25) is 4.79 Å². The minimum absolute atomic E-state index is 0.243. The normalized spacial score (nSPS) is 25.6. The molecule has 0 aromatic heterocycles. The van der Waals surface area contributed by atoms with Crippen molar-refractivity contribution < 1.29 is 17.9 Å². The van der Waals surface area contributed by atoms with Crippen LogP contribution in [0.2, 0.25) is 0 Å². The fourth-order valence-corrected chi connectivity index (χ4v) is 6.43. The first-order valence-corrected chi connectivity index (χ1v) is 13.6. The van der Waals surface area contributed by atoms with Gasteiger partial charge in [-0.05, 0) is 62.3 Å². The number of nitrogens with zero attached hydrogens (tertiary/aromatic N) is 2. The topological polar surface area (TPSA) is 66.9 Å². The molecule has 1 unspecified atom stereocenters. The number of carbonyl (C=O) groups is 1. The number of hydrogen-bond acceptors (Lipinski definition) is 4. The summed E-state index contributed by atoms with van der Waals surface area (Å²) >= 11 is 0. The van der Waals surface area contributed by atoms with Crippen molar-refractivity contribution in [1.29, 1.82) is 0 Å². The third-order valence-corrected chi connectivity index (χ3v) is 8.80. The van der Waals surface area contributed by atoms with E-state index in [1.165, 1.54) is 11.8 Å². The van der Waals surface area contributed by atoms with Crippen molar-refractivity contribution in [2.24, 2.45) is 11.8 Å². The number of carbonyl (C=O) groups excluding carboxylic acids is 1. The Labute approximate surface area is 187 Å². The van der Waals surface area contributed by atoms with E-state index >= 15 is 0 Å². The molecule has 172 valence electrons. The van der Waals surface area contributed by atoms with Crippen LogP contribution in [0.5, 0.6) is 0 Å². The van der Waals surface area contributed by atoms with E-state index < -0.39 is 10.0 Å². The molecule has 0 bridgehead atoms. The zero-order chi connectivity index (χ0) is 21.9. The van der Waals surface area contributed by atoms with E-state index in [4.69, 9.17) is 4.74 Å². The molecule has 3 heterocycles. The average Bonchev–Trinajstić information content (AvgIpc) is 2.75. The van der Waals surface area contributed by atoms with Crippen LogP contribution >= 0.6 is 0 Å². The average molecular weight is 449 g/mol. The summed E-state index contributed by atoms with van der Waals surface area (Å²) < 4.78 is 31.3. The molecule has 3 aliphatic rings. The van der Waals surface area contributed by atoms with Gasteiger partial charge in [-0.25, -0.2) is 12.7 Å².